The summed E-state index contributed by atoms with van der Waals surface area (Å²) in [6.45, 7) is 9.62. The fourth-order valence-electron chi connectivity index (χ4n) is 3.47. The summed E-state index contributed by atoms with van der Waals surface area (Å²) < 4.78 is 0. The summed E-state index contributed by atoms with van der Waals surface area (Å²) in [6.07, 6.45) is 4.21. The van der Waals surface area contributed by atoms with Crippen molar-refractivity contribution >= 4 is 11.9 Å². The molecule has 0 spiro atoms. The van der Waals surface area contributed by atoms with Crippen LogP contribution in [0.5, 0.6) is 0 Å². The number of carbonyl (C=O) groups is 2. The summed E-state index contributed by atoms with van der Waals surface area (Å²) in [5.74, 6) is -3.40. The second kappa shape index (κ2) is 9.59. The lowest BCUT2D eigenvalue weighted by Gasteiger charge is -2.26. The number of benzene rings is 1. The van der Waals surface area contributed by atoms with Gasteiger partial charge in [-0.2, -0.15) is 0 Å². The Bertz CT molecular complexity index is 590. The molecular weight excluding hydrogens is 316 g/mol. The van der Waals surface area contributed by atoms with Gasteiger partial charge in [0.15, 0.2) is 0 Å². The highest BCUT2D eigenvalue weighted by atomic mass is 16.4. The third kappa shape index (κ3) is 5.58. The smallest absolute Gasteiger partial charge is 0.311 e. The Morgan fingerprint density at radius 2 is 1.40 bits per heavy atom. The average Bonchev–Trinajstić information content (AvgIpc) is 2.48. The van der Waals surface area contributed by atoms with Gasteiger partial charge in [0, 0.05) is 0 Å². The minimum Gasteiger partial charge on any atom is -0.481 e. The molecule has 140 valence electrons. The van der Waals surface area contributed by atoms with Gasteiger partial charge in [-0.15, -0.1) is 0 Å². The highest BCUT2D eigenvalue weighted by Gasteiger charge is 2.32. The van der Waals surface area contributed by atoms with Gasteiger partial charge >= 0.3 is 11.9 Å². The number of hydrogen-bond acceptors (Lipinski definition) is 2. The lowest BCUT2D eigenvalue weighted by molar-refractivity contribution is -0.141. The van der Waals surface area contributed by atoms with Crippen LogP contribution in [0, 0.1) is 11.8 Å². The lowest BCUT2D eigenvalue weighted by Crippen LogP contribution is -2.24. The van der Waals surface area contributed by atoms with Crippen LogP contribution < -0.4 is 0 Å². The van der Waals surface area contributed by atoms with Crippen molar-refractivity contribution in [3.05, 3.63) is 34.9 Å². The van der Waals surface area contributed by atoms with Crippen molar-refractivity contribution in [3.8, 4) is 0 Å². The monoisotopic (exact) mass is 348 g/mol. The first-order chi connectivity index (χ1) is 11.7. The van der Waals surface area contributed by atoms with Gasteiger partial charge in [-0.3, -0.25) is 9.59 Å². The maximum absolute atomic E-state index is 11.9. The zero-order valence-corrected chi connectivity index (χ0v) is 16.1. The molecule has 2 atom stereocenters. The van der Waals surface area contributed by atoms with Gasteiger partial charge in [0.1, 0.15) is 0 Å². The second-order valence-electron chi connectivity index (χ2n) is 7.54. The number of carboxylic acid groups (broad SMARTS) is 2. The molecule has 2 N–H and O–H groups in total. The van der Waals surface area contributed by atoms with E-state index in [-0.39, 0.29) is 11.8 Å². The first kappa shape index (κ1) is 21.2. The third-order valence-corrected chi connectivity index (χ3v) is 4.76. The molecule has 25 heavy (non-hydrogen) atoms. The summed E-state index contributed by atoms with van der Waals surface area (Å²) in [6, 6.07) is 5.74. The fraction of sp³-hybridized carbons (Fsp3) is 0.619. The summed E-state index contributed by atoms with van der Waals surface area (Å²) in [7, 11) is 0. The van der Waals surface area contributed by atoms with E-state index >= 15 is 0 Å². The van der Waals surface area contributed by atoms with Gasteiger partial charge < -0.3 is 10.2 Å². The molecule has 4 nitrogen and oxygen atoms in total. The quantitative estimate of drug-likeness (QED) is 0.579. The van der Waals surface area contributed by atoms with Gasteiger partial charge in [0.05, 0.1) is 11.8 Å². The SMILES string of the molecule is CCCCCc1ccc(C(C(=O)O)C(C)C)c(C(C(=O)O)C(C)C)c1. The van der Waals surface area contributed by atoms with Crippen molar-refractivity contribution in [3.63, 3.8) is 0 Å². The molecule has 0 bridgehead atoms. The van der Waals surface area contributed by atoms with E-state index in [1.807, 2.05) is 45.9 Å². The molecule has 0 amide bonds. The molecule has 0 aliphatic carbocycles. The zero-order chi connectivity index (χ0) is 19.1. The lowest BCUT2D eigenvalue weighted by atomic mass is 9.78. The fourth-order valence-corrected chi connectivity index (χ4v) is 3.47. The molecule has 4 heteroatoms. The molecule has 1 rings (SSSR count). The van der Waals surface area contributed by atoms with Crippen LogP contribution in [0.2, 0.25) is 0 Å². The molecule has 0 radical (unpaired) electrons. The van der Waals surface area contributed by atoms with Gasteiger partial charge in [-0.25, -0.2) is 0 Å². The van der Waals surface area contributed by atoms with E-state index in [1.165, 1.54) is 0 Å². The van der Waals surface area contributed by atoms with Crippen LogP contribution in [0.3, 0.4) is 0 Å². The maximum Gasteiger partial charge on any atom is 0.311 e. The largest absolute Gasteiger partial charge is 0.481 e. The van der Waals surface area contributed by atoms with E-state index in [9.17, 15) is 19.8 Å². The number of carboxylic acids is 2. The molecule has 1 aromatic rings. The second-order valence-corrected chi connectivity index (χ2v) is 7.54. The van der Waals surface area contributed by atoms with E-state index in [0.29, 0.717) is 11.1 Å². The van der Waals surface area contributed by atoms with Gasteiger partial charge in [-0.1, -0.05) is 65.7 Å². The molecule has 0 heterocycles. The third-order valence-electron chi connectivity index (χ3n) is 4.76. The summed E-state index contributed by atoms with van der Waals surface area (Å²) in [5.41, 5.74) is 2.40. The predicted octanol–water partition coefficient (Wildman–Crippen LogP) is 5.07. The van der Waals surface area contributed by atoms with Crippen LogP contribution >= 0.6 is 0 Å². The summed E-state index contributed by atoms with van der Waals surface area (Å²) in [5, 5.41) is 19.4. The van der Waals surface area contributed by atoms with Gasteiger partial charge in [-0.05, 0) is 41.4 Å². The molecule has 1 aromatic carbocycles. The minimum absolute atomic E-state index is 0.108. The van der Waals surface area contributed by atoms with E-state index in [2.05, 4.69) is 6.92 Å². The minimum atomic E-state index is -0.900. The van der Waals surface area contributed by atoms with Gasteiger partial charge in [0.25, 0.3) is 0 Å². The molecular formula is C21H32O4. The summed E-state index contributed by atoms with van der Waals surface area (Å²) >= 11 is 0. The van der Waals surface area contributed by atoms with Crippen molar-refractivity contribution in [2.24, 2.45) is 11.8 Å². The standard InChI is InChI=1S/C21H32O4/c1-6-7-8-9-15-10-11-16(18(13(2)3)20(22)23)17(12-15)19(14(4)5)21(24)25/h10-14,18-19H,6-9H2,1-5H3,(H,22,23)(H,24,25). The Morgan fingerprint density at radius 3 is 1.84 bits per heavy atom. The Labute approximate surface area is 151 Å². The first-order valence-corrected chi connectivity index (χ1v) is 9.28. The normalized spacial score (nSPS) is 13.9. The van der Waals surface area contributed by atoms with Crippen LogP contribution in [-0.4, -0.2) is 22.2 Å². The van der Waals surface area contributed by atoms with E-state index in [1.54, 1.807) is 0 Å². The van der Waals surface area contributed by atoms with Crippen molar-refractivity contribution in [1.82, 2.24) is 0 Å². The summed E-state index contributed by atoms with van der Waals surface area (Å²) in [4.78, 5) is 23.7. The van der Waals surface area contributed by atoms with E-state index in [0.717, 1.165) is 31.2 Å². The Morgan fingerprint density at radius 1 is 0.880 bits per heavy atom. The number of rotatable bonds is 10. The predicted molar refractivity (Wildman–Crippen MR) is 100 cm³/mol. The zero-order valence-electron chi connectivity index (χ0n) is 16.1. The van der Waals surface area contributed by atoms with Crippen LogP contribution in [-0.2, 0) is 16.0 Å². The van der Waals surface area contributed by atoms with E-state index in [4.69, 9.17) is 0 Å². The Hall–Kier alpha value is -1.84. The molecule has 0 saturated heterocycles. The molecule has 0 aliphatic heterocycles. The molecule has 0 fully saturated rings. The van der Waals surface area contributed by atoms with Crippen molar-refractivity contribution in [2.75, 3.05) is 0 Å². The topological polar surface area (TPSA) is 74.6 Å². The number of unbranched alkanes of at least 4 members (excludes halogenated alkanes) is 2. The number of aryl methyl sites for hydroxylation is 1. The highest BCUT2D eigenvalue weighted by molar-refractivity contribution is 5.81. The Balaban J connectivity index is 3.44. The average molecular weight is 348 g/mol. The molecule has 2 unspecified atom stereocenters. The van der Waals surface area contributed by atoms with E-state index < -0.39 is 23.8 Å². The van der Waals surface area contributed by atoms with Gasteiger partial charge in [0.2, 0.25) is 0 Å². The van der Waals surface area contributed by atoms with Crippen LogP contribution in [0.4, 0.5) is 0 Å². The highest BCUT2D eigenvalue weighted by Crippen LogP contribution is 2.36. The number of aliphatic carboxylic acids is 2. The van der Waals surface area contributed by atoms with Crippen LogP contribution in [0.15, 0.2) is 18.2 Å². The van der Waals surface area contributed by atoms with Crippen molar-refractivity contribution in [1.29, 1.82) is 0 Å². The first-order valence-electron chi connectivity index (χ1n) is 9.28. The maximum atomic E-state index is 11.9. The molecule has 0 aromatic heterocycles. The number of hydrogen-bond donors (Lipinski definition) is 2. The molecule has 0 saturated carbocycles. The van der Waals surface area contributed by atoms with Crippen LogP contribution in [0.1, 0.15) is 82.4 Å². The van der Waals surface area contributed by atoms with Crippen LogP contribution in [0.25, 0.3) is 0 Å². The van der Waals surface area contributed by atoms with Crippen molar-refractivity contribution < 1.29 is 19.8 Å². The Kier molecular flexibility index (Phi) is 8.14. The van der Waals surface area contributed by atoms with Crippen molar-refractivity contribution in [2.45, 2.75) is 72.1 Å². The molecule has 0 aliphatic rings.